The number of esters is 1. The Morgan fingerprint density at radius 1 is 1.11 bits per heavy atom. The first-order valence-corrected chi connectivity index (χ1v) is 10.2. The van der Waals surface area contributed by atoms with Crippen molar-refractivity contribution in [1.82, 2.24) is 9.38 Å². The highest BCUT2D eigenvalue weighted by Crippen LogP contribution is 2.23. The van der Waals surface area contributed by atoms with Crippen LogP contribution >= 0.6 is 11.3 Å². The lowest BCUT2D eigenvalue weighted by Crippen LogP contribution is -2.15. The average molecular weight is 396 g/mol. The van der Waals surface area contributed by atoms with Gasteiger partial charge in [-0.3, -0.25) is 18.8 Å². The van der Waals surface area contributed by atoms with Crippen LogP contribution in [-0.4, -0.2) is 21.1 Å². The number of rotatable bonds is 6. The van der Waals surface area contributed by atoms with Crippen LogP contribution in [0.15, 0.2) is 40.6 Å². The maximum Gasteiger partial charge on any atom is 0.306 e. The van der Waals surface area contributed by atoms with E-state index in [1.54, 1.807) is 11.6 Å². The number of carbonyl (C=O) groups is 2. The molecule has 1 aromatic carbocycles. The summed E-state index contributed by atoms with van der Waals surface area (Å²) in [6.07, 6.45) is 6.22. The Hall–Kier alpha value is -2.80. The minimum absolute atomic E-state index is 0.0101. The number of Topliss-reactive ketones (excluding diaryl/α,β-unsaturated/α-hetero) is 1. The van der Waals surface area contributed by atoms with Gasteiger partial charge in [0, 0.05) is 29.6 Å². The molecule has 0 spiro atoms. The van der Waals surface area contributed by atoms with Crippen LogP contribution < -0.4 is 5.56 Å². The van der Waals surface area contributed by atoms with Crippen molar-refractivity contribution in [2.75, 3.05) is 0 Å². The van der Waals surface area contributed by atoms with Gasteiger partial charge in [0.15, 0.2) is 10.7 Å². The van der Waals surface area contributed by atoms with Crippen molar-refractivity contribution in [2.45, 2.75) is 45.1 Å². The highest BCUT2D eigenvalue weighted by Gasteiger charge is 2.15. The van der Waals surface area contributed by atoms with Crippen molar-refractivity contribution in [3.63, 3.8) is 0 Å². The number of carbonyl (C=O) groups excluding carboxylic acids is 2. The van der Waals surface area contributed by atoms with Gasteiger partial charge in [-0.25, -0.2) is 4.98 Å². The zero-order valence-electron chi connectivity index (χ0n) is 15.3. The van der Waals surface area contributed by atoms with Crippen LogP contribution in [0.1, 0.15) is 52.9 Å². The fraction of sp³-hybridized carbons (Fsp3) is 0.333. The zero-order chi connectivity index (χ0) is 19.5. The normalized spacial score (nSPS) is 13.3. The van der Waals surface area contributed by atoms with E-state index in [4.69, 9.17) is 4.74 Å². The van der Waals surface area contributed by atoms with Gasteiger partial charge in [0.2, 0.25) is 0 Å². The van der Waals surface area contributed by atoms with Crippen molar-refractivity contribution < 1.29 is 14.3 Å². The highest BCUT2D eigenvalue weighted by molar-refractivity contribution is 7.15. The summed E-state index contributed by atoms with van der Waals surface area (Å²) in [7, 11) is 0. The van der Waals surface area contributed by atoms with E-state index in [2.05, 4.69) is 4.98 Å². The van der Waals surface area contributed by atoms with Gasteiger partial charge in [-0.05, 0) is 42.9 Å². The number of aromatic nitrogens is 2. The summed E-state index contributed by atoms with van der Waals surface area (Å²) in [4.78, 5) is 41.2. The number of hydrogen-bond acceptors (Lipinski definition) is 6. The van der Waals surface area contributed by atoms with Crippen molar-refractivity contribution >= 4 is 28.1 Å². The molecule has 28 heavy (non-hydrogen) atoms. The van der Waals surface area contributed by atoms with Crippen molar-refractivity contribution in [3.05, 3.63) is 68.6 Å². The lowest BCUT2D eigenvalue weighted by molar-refractivity contribution is -0.145. The first-order valence-electron chi connectivity index (χ1n) is 9.36. The molecule has 4 rings (SSSR count). The van der Waals surface area contributed by atoms with Gasteiger partial charge in [0.25, 0.3) is 5.56 Å². The predicted octanol–water partition coefficient (Wildman–Crippen LogP) is 3.34. The second-order valence-corrected chi connectivity index (χ2v) is 7.79. The molecule has 0 saturated heterocycles. The Bertz CT molecular complexity index is 1100. The number of benzene rings is 1. The van der Waals surface area contributed by atoms with E-state index >= 15 is 0 Å². The highest BCUT2D eigenvalue weighted by atomic mass is 32.1. The summed E-state index contributed by atoms with van der Waals surface area (Å²) in [5.41, 5.74) is 3.43. The maximum atomic E-state index is 12.4. The van der Waals surface area contributed by atoms with Crippen LogP contribution in [0.25, 0.3) is 4.96 Å². The first-order chi connectivity index (χ1) is 13.6. The number of ether oxygens (including phenoxy) is 1. The maximum absolute atomic E-state index is 12.4. The third kappa shape index (κ3) is 4.04. The predicted molar refractivity (Wildman–Crippen MR) is 106 cm³/mol. The number of fused-ring (bicyclic) bond motifs is 2. The van der Waals surface area contributed by atoms with Crippen LogP contribution in [-0.2, 0) is 29.0 Å². The van der Waals surface area contributed by atoms with Gasteiger partial charge in [-0.2, -0.15) is 0 Å². The van der Waals surface area contributed by atoms with Crippen LogP contribution in [0, 0.1) is 0 Å². The minimum Gasteiger partial charge on any atom is -0.459 e. The molecule has 7 heteroatoms. The van der Waals surface area contributed by atoms with Crippen molar-refractivity contribution in [1.29, 1.82) is 0 Å². The number of aryl methyl sites for hydroxylation is 2. The quantitative estimate of drug-likeness (QED) is 0.472. The Labute approximate surface area is 165 Å². The van der Waals surface area contributed by atoms with Gasteiger partial charge in [0.1, 0.15) is 6.61 Å². The molecule has 0 atom stereocenters. The van der Waals surface area contributed by atoms with Gasteiger partial charge in [0.05, 0.1) is 12.1 Å². The molecule has 0 aliphatic heterocycles. The molecule has 3 aromatic rings. The lowest BCUT2D eigenvalue weighted by Gasteiger charge is -2.16. The molecule has 0 amide bonds. The standard InChI is InChI=1S/C21H20N2O4S/c24-18(16-6-5-14-3-1-2-4-15(14)11-16)7-8-20(26)27-13-17-12-19(25)23-9-10-28-21(23)22-17/h5-6,9-12H,1-4,7-8,13H2. The minimum atomic E-state index is -0.473. The molecule has 1 aliphatic carbocycles. The molecule has 0 N–H and O–H groups in total. The topological polar surface area (TPSA) is 77.7 Å². The summed E-state index contributed by atoms with van der Waals surface area (Å²) in [6, 6.07) is 7.21. The molecule has 0 bridgehead atoms. The summed E-state index contributed by atoms with van der Waals surface area (Å²) in [5.74, 6) is -0.527. The van der Waals surface area contributed by atoms with E-state index in [0.29, 0.717) is 16.2 Å². The fourth-order valence-corrected chi connectivity index (χ4v) is 4.19. The second kappa shape index (κ2) is 8.06. The molecule has 0 radical (unpaired) electrons. The molecule has 2 aromatic heterocycles. The number of thiazole rings is 1. The number of nitrogens with zero attached hydrogens (tertiary/aromatic N) is 2. The summed E-state index contributed by atoms with van der Waals surface area (Å²) >= 11 is 1.34. The smallest absolute Gasteiger partial charge is 0.306 e. The second-order valence-electron chi connectivity index (χ2n) is 6.92. The first kappa shape index (κ1) is 18.6. The molecule has 1 aliphatic rings. The van der Waals surface area contributed by atoms with E-state index in [0.717, 1.165) is 19.3 Å². The summed E-state index contributed by atoms with van der Waals surface area (Å²) in [5, 5.41) is 1.77. The SMILES string of the molecule is O=C(CCC(=O)c1ccc2c(c1)CCCC2)OCc1cc(=O)n2ccsc2n1. The van der Waals surface area contributed by atoms with E-state index in [1.165, 1.54) is 39.4 Å². The molecule has 0 fully saturated rings. The Morgan fingerprint density at radius 2 is 1.93 bits per heavy atom. The third-order valence-electron chi connectivity index (χ3n) is 4.96. The largest absolute Gasteiger partial charge is 0.459 e. The summed E-state index contributed by atoms with van der Waals surface area (Å²) in [6.45, 7) is -0.0739. The summed E-state index contributed by atoms with van der Waals surface area (Å²) < 4.78 is 6.63. The van der Waals surface area contributed by atoms with E-state index in [1.807, 2.05) is 18.2 Å². The van der Waals surface area contributed by atoms with Crippen LogP contribution in [0.5, 0.6) is 0 Å². The third-order valence-corrected chi connectivity index (χ3v) is 5.72. The van der Waals surface area contributed by atoms with Crippen molar-refractivity contribution in [3.8, 4) is 0 Å². The van der Waals surface area contributed by atoms with E-state index < -0.39 is 5.97 Å². The van der Waals surface area contributed by atoms with Crippen LogP contribution in [0.2, 0.25) is 0 Å². The fourth-order valence-electron chi connectivity index (χ4n) is 3.46. The van der Waals surface area contributed by atoms with Gasteiger partial charge < -0.3 is 4.74 Å². The van der Waals surface area contributed by atoms with Crippen molar-refractivity contribution in [2.24, 2.45) is 0 Å². The molecular weight excluding hydrogens is 376 g/mol. The van der Waals surface area contributed by atoms with Crippen LogP contribution in [0.3, 0.4) is 0 Å². The van der Waals surface area contributed by atoms with Gasteiger partial charge in [-0.1, -0.05) is 12.1 Å². The zero-order valence-corrected chi connectivity index (χ0v) is 16.2. The molecule has 0 unspecified atom stereocenters. The van der Waals surface area contributed by atoms with Gasteiger partial charge in [-0.15, -0.1) is 11.3 Å². The lowest BCUT2D eigenvalue weighted by atomic mass is 9.89. The average Bonchev–Trinajstić information content (AvgIpc) is 3.19. The Kier molecular flexibility index (Phi) is 5.34. The van der Waals surface area contributed by atoms with Crippen LogP contribution in [0.4, 0.5) is 0 Å². The number of hydrogen-bond donors (Lipinski definition) is 0. The molecular formula is C21H20N2O4S. The van der Waals surface area contributed by atoms with E-state index in [-0.39, 0.29) is 30.8 Å². The Morgan fingerprint density at radius 3 is 2.79 bits per heavy atom. The van der Waals surface area contributed by atoms with E-state index in [9.17, 15) is 14.4 Å². The Balaban J connectivity index is 1.31. The molecule has 0 saturated carbocycles. The molecule has 6 nitrogen and oxygen atoms in total. The molecule has 2 heterocycles. The monoisotopic (exact) mass is 396 g/mol. The number of ketones is 1. The molecule has 144 valence electrons. The van der Waals surface area contributed by atoms with Gasteiger partial charge >= 0.3 is 5.97 Å².